The molecule has 0 heterocycles. The maximum atomic E-state index is 12.6. The lowest BCUT2D eigenvalue weighted by molar-refractivity contribution is -0.137. The first-order valence-corrected chi connectivity index (χ1v) is 6.00. The van der Waals surface area contributed by atoms with Crippen molar-refractivity contribution in [1.82, 2.24) is 0 Å². The highest BCUT2D eigenvalue weighted by Gasteiger charge is 2.31. The summed E-state index contributed by atoms with van der Waals surface area (Å²) in [6.07, 6.45) is -3.53. The molecule has 2 N–H and O–H groups in total. The van der Waals surface area contributed by atoms with Crippen molar-refractivity contribution in [1.29, 1.82) is 0 Å². The van der Waals surface area contributed by atoms with Gasteiger partial charge in [-0.15, -0.1) is 0 Å². The molecule has 0 radical (unpaired) electrons. The molecule has 0 saturated heterocycles. The lowest BCUT2D eigenvalue weighted by Crippen LogP contribution is -2.22. The zero-order chi connectivity index (χ0) is 14.5. The molecule has 1 aromatic carbocycles. The van der Waals surface area contributed by atoms with E-state index >= 15 is 0 Å². The quantitative estimate of drug-likeness (QED) is 0.812. The van der Waals surface area contributed by atoms with Crippen molar-refractivity contribution in [3.8, 4) is 0 Å². The van der Waals surface area contributed by atoms with E-state index < -0.39 is 11.7 Å². The number of benzene rings is 1. The van der Waals surface area contributed by atoms with Gasteiger partial charge in [0.05, 0.1) is 5.56 Å². The average Bonchev–Trinajstić information content (AvgIpc) is 2.37. The van der Waals surface area contributed by atoms with Crippen LogP contribution in [0.5, 0.6) is 0 Å². The number of hydrogen-bond donors (Lipinski definition) is 1. The molecule has 0 spiro atoms. The maximum absolute atomic E-state index is 12.6. The van der Waals surface area contributed by atoms with Crippen LogP contribution in [0, 0.1) is 0 Å². The van der Waals surface area contributed by atoms with Crippen LogP contribution in [0.4, 0.5) is 18.9 Å². The number of hydrogen-bond acceptors (Lipinski definition) is 3. The van der Waals surface area contributed by atoms with Gasteiger partial charge in [-0.05, 0) is 30.2 Å². The Bertz CT molecular complexity index is 407. The summed E-state index contributed by atoms with van der Waals surface area (Å²) in [5.41, 5.74) is 6.10. The monoisotopic (exact) mass is 276 g/mol. The second-order valence-electron chi connectivity index (χ2n) is 4.31. The van der Waals surface area contributed by atoms with Gasteiger partial charge < -0.3 is 15.4 Å². The Morgan fingerprint density at radius 3 is 2.53 bits per heavy atom. The molecule has 0 saturated carbocycles. The van der Waals surface area contributed by atoms with Gasteiger partial charge in [0, 0.05) is 39.5 Å². The summed E-state index contributed by atoms with van der Waals surface area (Å²) in [4.78, 5) is 1.89. The molecule has 6 heteroatoms. The molecule has 0 aliphatic carbocycles. The second kappa shape index (κ2) is 6.77. The minimum atomic E-state index is -4.34. The van der Waals surface area contributed by atoms with E-state index in [1.54, 1.807) is 7.11 Å². The zero-order valence-electron chi connectivity index (χ0n) is 11.1. The number of nitrogens with zero attached hydrogens (tertiary/aromatic N) is 1. The minimum Gasteiger partial charge on any atom is -0.385 e. The first-order chi connectivity index (χ1) is 8.90. The van der Waals surface area contributed by atoms with Crippen LogP contribution in [-0.4, -0.2) is 27.3 Å². The molecule has 0 atom stereocenters. The van der Waals surface area contributed by atoms with Gasteiger partial charge in [0.15, 0.2) is 0 Å². The largest absolute Gasteiger partial charge is 0.416 e. The van der Waals surface area contributed by atoms with Gasteiger partial charge in [-0.2, -0.15) is 13.2 Å². The van der Waals surface area contributed by atoms with Crippen molar-refractivity contribution in [2.45, 2.75) is 19.1 Å². The first kappa shape index (κ1) is 15.8. The van der Waals surface area contributed by atoms with Crippen molar-refractivity contribution in [2.24, 2.45) is 5.73 Å². The third kappa shape index (κ3) is 4.40. The Labute approximate surface area is 111 Å². The fourth-order valence-corrected chi connectivity index (χ4v) is 1.86. The highest BCUT2D eigenvalue weighted by Crippen LogP contribution is 2.32. The highest BCUT2D eigenvalue weighted by molar-refractivity contribution is 5.55. The number of ether oxygens (including phenoxy) is 1. The predicted octanol–water partition coefficient (Wildman–Crippen LogP) is 2.64. The molecule has 1 rings (SSSR count). The van der Waals surface area contributed by atoms with Crippen molar-refractivity contribution in [3.63, 3.8) is 0 Å². The Morgan fingerprint density at radius 1 is 1.32 bits per heavy atom. The summed E-state index contributed by atoms with van der Waals surface area (Å²) in [6, 6.07) is 3.67. The molecule has 3 nitrogen and oxygen atoms in total. The smallest absolute Gasteiger partial charge is 0.385 e. The summed E-state index contributed by atoms with van der Waals surface area (Å²) in [5.74, 6) is 0. The molecular weight excluding hydrogens is 257 g/mol. The third-order valence-corrected chi connectivity index (χ3v) is 2.88. The van der Waals surface area contributed by atoms with Crippen LogP contribution in [0.1, 0.15) is 17.5 Å². The predicted molar refractivity (Wildman–Crippen MR) is 69.1 cm³/mol. The SMILES string of the molecule is COCCCN(C)c1ccc(C(F)(F)F)cc1CN. The van der Waals surface area contributed by atoms with E-state index in [9.17, 15) is 13.2 Å². The Kier molecular flexibility index (Phi) is 5.62. The molecule has 0 aliphatic rings. The molecule has 1 aromatic rings. The van der Waals surface area contributed by atoms with Crippen LogP contribution in [0.3, 0.4) is 0 Å². The molecular formula is C13H19F3N2O. The van der Waals surface area contributed by atoms with Crippen molar-refractivity contribution >= 4 is 5.69 Å². The van der Waals surface area contributed by atoms with E-state index in [2.05, 4.69) is 0 Å². The molecule has 0 aromatic heterocycles. The average molecular weight is 276 g/mol. The molecule has 0 fully saturated rings. The van der Waals surface area contributed by atoms with E-state index in [0.717, 1.165) is 24.2 Å². The summed E-state index contributed by atoms with van der Waals surface area (Å²) in [5, 5.41) is 0. The topological polar surface area (TPSA) is 38.5 Å². The van der Waals surface area contributed by atoms with Gasteiger partial charge in [-0.1, -0.05) is 0 Å². The van der Waals surface area contributed by atoms with Gasteiger partial charge in [0.2, 0.25) is 0 Å². The second-order valence-corrected chi connectivity index (χ2v) is 4.31. The summed E-state index contributed by atoms with van der Waals surface area (Å²) < 4.78 is 42.8. The molecule has 19 heavy (non-hydrogen) atoms. The number of rotatable bonds is 6. The molecule has 0 aliphatic heterocycles. The molecule has 0 amide bonds. The molecule has 108 valence electrons. The van der Waals surface area contributed by atoms with E-state index in [1.165, 1.54) is 6.07 Å². The van der Waals surface area contributed by atoms with Crippen LogP contribution >= 0.6 is 0 Å². The van der Waals surface area contributed by atoms with Crippen molar-refractivity contribution in [3.05, 3.63) is 29.3 Å². The van der Waals surface area contributed by atoms with Crippen LogP contribution in [0.25, 0.3) is 0 Å². The number of nitrogens with two attached hydrogens (primary N) is 1. The standard InChI is InChI=1S/C13H19F3N2O/c1-18(6-3-7-19-2)12-5-4-11(13(14,15)16)8-10(12)9-17/h4-5,8H,3,6-7,9,17H2,1-2H3. The summed E-state index contributed by atoms with van der Waals surface area (Å²) in [7, 11) is 3.45. The number of anilines is 1. The van der Waals surface area contributed by atoms with E-state index in [0.29, 0.717) is 18.7 Å². The minimum absolute atomic E-state index is 0.0773. The molecule has 0 bridgehead atoms. The number of methoxy groups -OCH3 is 1. The summed E-state index contributed by atoms with van der Waals surface area (Å²) in [6.45, 7) is 1.39. The lowest BCUT2D eigenvalue weighted by atomic mass is 10.1. The Balaban J connectivity index is 2.89. The van der Waals surface area contributed by atoms with Gasteiger partial charge in [-0.3, -0.25) is 0 Å². The van der Waals surface area contributed by atoms with Crippen molar-refractivity contribution in [2.75, 3.05) is 32.2 Å². The van der Waals surface area contributed by atoms with Crippen LogP contribution in [-0.2, 0) is 17.5 Å². The Hall–Kier alpha value is -1.27. The Morgan fingerprint density at radius 2 is 2.00 bits per heavy atom. The van der Waals surface area contributed by atoms with Crippen LogP contribution in [0.15, 0.2) is 18.2 Å². The van der Waals surface area contributed by atoms with Gasteiger partial charge in [-0.25, -0.2) is 0 Å². The highest BCUT2D eigenvalue weighted by atomic mass is 19.4. The van der Waals surface area contributed by atoms with Gasteiger partial charge in [0.25, 0.3) is 0 Å². The lowest BCUT2D eigenvalue weighted by Gasteiger charge is -2.23. The van der Waals surface area contributed by atoms with Crippen molar-refractivity contribution < 1.29 is 17.9 Å². The van der Waals surface area contributed by atoms with Gasteiger partial charge >= 0.3 is 6.18 Å². The third-order valence-electron chi connectivity index (χ3n) is 2.88. The maximum Gasteiger partial charge on any atom is 0.416 e. The van der Waals surface area contributed by atoms with Crippen LogP contribution in [0.2, 0.25) is 0 Å². The number of halogens is 3. The molecule has 0 unspecified atom stereocenters. The van der Waals surface area contributed by atoms with E-state index in [4.69, 9.17) is 10.5 Å². The normalized spacial score (nSPS) is 11.7. The van der Waals surface area contributed by atoms with Crippen LogP contribution < -0.4 is 10.6 Å². The van der Waals surface area contributed by atoms with E-state index in [-0.39, 0.29) is 6.54 Å². The fourth-order valence-electron chi connectivity index (χ4n) is 1.86. The first-order valence-electron chi connectivity index (χ1n) is 6.00. The number of alkyl halides is 3. The van der Waals surface area contributed by atoms with Gasteiger partial charge in [0.1, 0.15) is 0 Å². The fraction of sp³-hybridized carbons (Fsp3) is 0.538. The zero-order valence-corrected chi connectivity index (χ0v) is 11.1. The van der Waals surface area contributed by atoms with E-state index in [1.807, 2.05) is 11.9 Å². The summed E-state index contributed by atoms with van der Waals surface area (Å²) >= 11 is 0.